The van der Waals surface area contributed by atoms with Gasteiger partial charge in [0.15, 0.2) is 0 Å². The summed E-state index contributed by atoms with van der Waals surface area (Å²) in [7, 11) is 0. The molecule has 1 heterocycles. The van der Waals surface area contributed by atoms with Crippen molar-refractivity contribution in [2.24, 2.45) is 5.11 Å². The summed E-state index contributed by atoms with van der Waals surface area (Å²) in [4.78, 5) is 2.60. The monoisotopic (exact) mass is 145 g/mol. The first-order chi connectivity index (χ1) is 5.27. The van der Waals surface area contributed by atoms with Crippen LogP contribution in [0.25, 0.3) is 10.4 Å². The number of rotatable bonds is 2. The van der Waals surface area contributed by atoms with Crippen molar-refractivity contribution >= 4 is 0 Å². The molecule has 5 heteroatoms. The van der Waals surface area contributed by atoms with Crippen LogP contribution in [0, 0.1) is 0 Å². The van der Waals surface area contributed by atoms with Crippen molar-refractivity contribution in [3.63, 3.8) is 0 Å². The van der Waals surface area contributed by atoms with Gasteiger partial charge in [-0.1, -0.05) is 5.11 Å². The molecule has 0 aromatic heterocycles. The van der Waals surface area contributed by atoms with E-state index in [2.05, 4.69) is 10.0 Å². The van der Waals surface area contributed by atoms with Crippen molar-refractivity contribution in [2.75, 3.05) is 13.2 Å². The molecule has 1 unspecified atom stereocenters. The third-order valence-corrected chi connectivity index (χ3v) is 1.42. The summed E-state index contributed by atoms with van der Waals surface area (Å²) >= 11 is 0. The molecule has 1 aliphatic rings. The summed E-state index contributed by atoms with van der Waals surface area (Å²) in [5.74, 6) is 0. The predicted octanol–water partition coefficient (Wildman–Crippen LogP) is 0.447. The molecule has 1 N–H and O–H groups in total. The minimum absolute atomic E-state index is 0.195. The molecule has 0 spiro atoms. The summed E-state index contributed by atoms with van der Waals surface area (Å²) in [5.41, 5.74) is 8.09. The van der Waals surface area contributed by atoms with Crippen LogP contribution in [-0.2, 0) is 4.74 Å². The van der Waals surface area contributed by atoms with Crippen molar-refractivity contribution in [1.82, 2.24) is 0 Å². The average Bonchev–Trinajstić information content (AvgIpc) is 2.32. The largest absolute Gasteiger partial charge is 0.394 e. The zero-order chi connectivity index (χ0) is 8.27. The number of nitrogens with zero attached hydrogens (tertiary/aromatic N) is 3. The lowest BCUT2D eigenvalue weighted by Gasteiger charge is -2.08. The summed E-state index contributed by atoms with van der Waals surface area (Å²) in [6.45, 7) is -0.860. The molecule has 0 saturated carbocycles. The Labute approximate surface area is 59.6 Å². The van der Waals surface area contributed by atoms with E-state index in [9.17, 15) is 0 Å². The molecule has 0 aliphatic carbocycles. The van der Waals surface area contributed by atoms with Gasteiger partial charge in [-0.3, -0.25) is 0 Å². The zero-order valence-corrected chi connectivity index (χ0v) is 5.34. The molecule has 1 fully saturated rings. The van der Waals surface area contributed by atoms with Crippen molar-refractivity contribution in [3.8, 4) is 0 Å². The van der Waals surface area contributed by atoms with Crippen molar-refractivity contribution < 1.29 is 11.2 Å². The van der Waals surface area contributed by atoms with E-state index in [0.717, 1.165) is 0 Å². The highest BCUT2D eigenvalue weighted by molar-refractivity contribution is 4.81. The van der Waals surface area contributed by atoms with Gasteiger partial charge in [-0.25, -0.2) is 0 Å². The number of aliphatic hydroxyl groups is 1. The van der Waals surface area contributed by atoms with Crippen molar-refractivity contribution in [3.05, 3.63) is 10.4 Å². The molecule has 0 aromatic carbocycles. The zero-order valence-electron chi connectivity index (χ0n) is 6.34. The molecule has 0 bridgehead atoms. The lowest BCUT2D eigenvalue weighted by atomic mass is 10.2. The third kappa shape index (κ3) is 1.39. The molecule has 1 aliphatic heterocycles. The van der Waals surface area contributed by atoms with E-state index in [1.807, 2.05) is 0 Å². The van der Waals surface area contributed by atoms with Gasteiger partial charge in [0.05, 0.1) is 20.1 Å². The summed E-state index contributed by atoms with van der Waals surface area (Å²) < 4.78 is 12.1. The Kier molecular flexibility index (Phi) is 2.04. The minimum atomic E-state index is -0.664. The predicted molar refractivity (Wildman–Crippen MR) is 34.4 cm³/mol. The highest BCUT2D eigenvalue weighted by Crippen LogP contribution is 2.16. The van der Waals surface area contributed by atoms with Gasteiger partial charge in [-0.2, -0.15) is 0 Å². The topological polar surface area (TPSA) is 78.2 Å². The Balaban J connectivity index is 2.56. The fourth-order valence-electron chi connectivity index (χ4n) is 0.873. The Morgan fingerprint density at radius 3 is 3.40 bits per heavy atom. The number of azide groups is 1. The second-order valence-electron chi connectivity index (χ2n) is 2.03. The maximum Gasteiger partial charge on any atom is 0.0891 e. The lowest BCUT2D eigenvalue weighted by molar-refractivity contribution is 0.0529. The van der Waals surface area contributed by atoms with Crippen LogP contribution in [0.4, 0.5) is 0 Å². The fourth-order valence-corrected chi connectivity index (χ4v) is 0.873. The quantitative estimate of drug-likeness (QED) is 0.347. The molecule has 3 atom stereocenters. The standard InChI is InChI=1S/C5H9N3O2/c6-8-7-4-1-2-10-5(4)3-9/h4-5,9H,1-3H2/t4-,5-/m1/s1/i2T/t2?,4-,5-. The van der Waals surface area contributed by atoms with Crippen LogP contribution in [0.15, 0.2) is 5.11 Å². The maximum absolute atomic E-state index is 8.69. The van der Waals surface area contributed by atoms with Crippen molar-refractivity contribution in [2.45, 2.75) is 18.6 Å². The van der Waals surface area contributed by atoms with Crippen LogP contribution in [0.1, 0.15) is 7.79 Å². The molecule has 1 saturated heterocycles. The van der Waals surface area contributed by atoms with Crippen LogP contribution < -0.4 is 0 Å². The first kappa shape index (κ1) is 5.97. The normalized spacial score (nSPS) is 40.5. The molecule has 10 heavy (non-hydrogen) atoms. The van der Waals surface area contributed by atoms with Gasteiger partial charge in [0, 0.05) is 11.5 Å². The van der Waals surface area contributed by atoms with Crippen LogP contribution in [0.2, 0.25) is 0 Å². The number of aliphatic hydroxyl groups excluding tert-OH is 1. The smallest absolute Gasteiger partial charge is 0.0891 e. The molecule has 0 aromatic rings. The van der Waals surface area contributed by atoms with E-state index in [4.69, 9.17) is 16.7 Å². The van der Waals surface area contributed by atoms with Crippen LogP contribution >= 0.6 is 0 Å². The van der Waals surface area contributed by atoms with E-state index in [0.29, 0.717) is 6.42 Å². The number of hydrogen-bond donors (Lipinski definition) is 1. The summed E-state index contributed by atoms with van der Waals surface area (Å²) in [6, 6.07) is -0.382. The summed E-state index contributed by atoms with van der Waals surface area (Å²) in [6.07, 6.45) is -0.122. The Hall–Kier alpha value is -0.770. The van der Waals surface area contributed by atoms with Crippen LogP contribution in [0.3, 0.4) is 0 Å². The molecule has 5 nitrogen and oxygen atoms in total. The Bertz CT molecular complexity index is 183. The van der Waals surface area contributed by atoms with Gasteiger partial charge in [-0.15, -0.1) is 0 Å². The maximum atomic E-state index is 8.69. The molecular formula is C5H9N3O2. The van der Waals surface area contributed by atoms with Crippen LogP contribution in [0.5, 0.6) is 0 Å². The number of ether oxygens (including phenoxy) is 1. The van der Waals surface area contributed by atoms with Gasteiger partial charge < -0.3 is 9.84 Å². The van der Waals surface area contributed by atoms with Gasteiger partial charge in [0.1, 0.15) is 0 Å². The van der Waals surface area contributed by atoms with E-state index >= 15 is 0 Å². The van der Waals surface area contributed by atoms with Crippen LogP contribution in [-0.4, -0.2) is 30.4 Å². The van der Waals surface area contributed by atoms with Gasteiger partial charge in [0.25, 0.3) is 0 Å². The molecule has 56 valence electrons. The second kappa shape index (κ2) is 3.41. The Morgan fingerprint density at radius 1 is 2.00 bits per heavy atom. The van der Waals surface area contributed by atoms with E-state index in [1.54, 1.807) is 0 Å². The Morgan fingerprint density at radius 2 is 2.80 bits per heavy atom. The third-order valence-electron chi connectivity index (χ3n) is 1.42. The lowest BCUT2D eigenvalue weighted by Crippen LogP contribution is -2.22. The van der Waals surface area contributed by atoms with E-state index in [1.165, 1.54) is 0 Å². The highest BCUT2D eigenvalue weighted by Gasteiger charge is 2.25. The van der Waals surface area contributed by atoms with Gasteiger partial charge >= 0.3 is 0 Å². The molecule has 1 rings (SSSR count). The van der Waals surface area contributed by atoms with Gasteiger partial charge in [-0.05, 0) is 12.0 Å². The number of hydrogen-bond acceptors (Lipinski definition) is 3. The van der Waals surface area contributed by atoms with Gasteiger partial charge in [0.2, 0.25) is 0 Å². The molecule has 0 radical (unpaired) electrons. The molecule has 0 amide bonds. The second-order valence-corrected chi connectivity index (χ2v) is 2.03. The highest BCUT2D eigenvalue weighted by atomic mass is 16.5. The van der Waals surface area contributed by atoms with E-state index < -0.39 is 12.7 Å². The minimum Gasteiger partial charge on any atom is -0.394 e. The first-order valence-electron chi connectivity index (χ1n) is 3.58. The molecular weight excluding hydrogens is 134 g/mol. The first-order valence-corrected chi connectivity index (χ1v) is 3.00. The average molecular weight is 145 g/mol. The van der Waals surface area contributed by atoms with Crippen molar-refractivity contribution in [1.29, 1.82) is 0 Å². The fraction of sp³-hybridized carbons (Fsp3) is 1.00. The summed E-state index contributed by atoms with van der Waals surface area (Å²) in [5, 5.41) is 12.1. The SMILES string of the molecule is [3H]C1C[C@@H](N=[N+]=[N-])[C@@H](CO)O1. The van der Waals surface area contributed by atoms with E-state index in [-0.39, 0.29) is 12.6 Å².